The number of halogens is 2. The van der Waals surface area contributed by atoms with E-state index in [0.717, 1.165) is 23.9 Å². The molecule has 0 saturated carbocycles. The van der Waals surface area contributed by atoms with Crippen molar-refractivity contribution < 1.29 is 8.78 Å². The molecule has 2 aromatic rings. The molecule has 1 aromatic carbocycles. The third-order valence-corrected chi connectivity index (χ3v) is 4.13. The molecule has 1 atom stereocenters. The minimum Gasteiger partial charge on any atom is -0.306 e. The zero-order valence-corrected chi connectivity index (χ0v) is 11.9. The molecule has 1 unspecified atom stereocenters. The fourth-order valence-corrected chi connectivity index (χ4v) is 3.27. The van der Waals surface area contributed by atoms with Gasteiger partial charge in [-0.25, -0.2) is 8.78 Å². The van der Waals surface area contributed by atoms with Crippen molar-refractivity contribution >= 4 is 11.3 Å². The Labute approximate surface area is 116 Å². The Hall–Kier alpha value is -1.26. The Morgan fingerprint density at radius 2 is 2.00 bits per heavy atom. The van der Waals surface area contributed by atoms with Crippen molar-refractivity contribution in [1.82, 2.24) is 5.32 Å². The Balaban J connectivity index is 2.45. The molecule has 0 saturated heterocycles. The second-order valence-electron chi connectivity index (χ2n) is 4.32. The number of benzene rings is 1. The topological polar surface area (TPSA) is 12.0 Å². The lowest BCUT2D eigenvalue weighted by Gasteiger charge is -2.19. The second-order valence-corrected chi connectivity index (χ2v) is 5.27. The monoisotopic (exact) mass is 281 g/mol. The van der Waals surface area contributed by atoms with E-state index in [9.17, 15) is 8.78 Å². The lowest BCUT2D eigenvalue weighted by Crippen LogP contribution is -2.23. The van der Waals surface area contributed by atoms with E-state index < -0.39 is 11.6 Å². The van der Waals surface area contributed by atoms with Crippen LogP contribution in [-0.4, -0.2) is 6.54 Å². The van der Waals surface area contributed by atoms with Gasteiger partial charge in [-0.2, -0.15) is 0 Å². The maximum atomic E-state index is 14.0. The quantitative estimate of drug-likeness (QED) is 0.862. The van der Waals surface area contributed by atoms with Crippen LogP contribution in [0.4, 0.5) is 8.78 Å². The van der Waals surface area contributed by atoms with Crippen molar-refractivity contribution in [1.29, 1.82) is 0 Å². The molecule has 19 heavy (non-hydrogen) atoms. The van der Waals surface area contributed by atoms with Crippen LogP contribution in [0.5, 0.6) is 0 Å². The number of nitrogens with one attached hydrogen (secondary N) is 1. The zero-order chi connectivity index (χ0) is 13.8. The highest BCUT2D eigenvalue weighted by Gasteiger charge is 2.20. The molecule has 1 N–H and O–H groups in total. The van der Waals surface area contributed by atoms with Gasteiger partial charge in [0.25, 0.3) is 0 Å². The van der Waals surface area contributed by atoms with Crippen LogP contribution in [0.1, 0.15) is 35.9 Å². The first-order chi connectivity index (χ1) is 9.17. The molecule has 0 bridgehead atoms. The summed E-state index contributed by atoms with van der Waals surface area (Å²) in [5, 5.41) is 5.30. The van der Waals surface area contributed by atoms with E-state index in [1.54, 1.807) is 11.3 Å². The van der Waals surface area contributed by atoms with Crippen LogP contribution in [0.2, 0.25) is 0 Å². The molecular weight excluding hydrogens is 264 g/mol. The van der Waals surface area contributed by atoms with E-state index in [2.05, 4.69) is 18.3 Å². The van der Waals surface area contributed by atoms with Crippen LogP contribution in [0.25, 0.3) is 0 Å². The van der Waals surface area contributed by atoms with Crippen LogP contribution in [0.15, 0.2) is 29.6 Å². The van der Waals surface area contributed by atoms with Crippen LogP contribution in [-0.2, 0) is 6.42 Å². The van der Waals surface area contributed by atoms with Gasteiger partial charge in [0, 0.05) is 16.5 Å². The third-order valence-electron chi connectivity index (χ3n) is 3.11. The SMILES string of the molecule is CCNC(c1ccc(F)cc1F)c1sccc1CC. The fourth-order valence-electron chi connectivity index (χ4n) is 2.18. The number of hydrogen-bond acceptors (Lipinski definition) is 2. The van der Waals surface area contributed by atoms with Crippen molar-refractivity contribution in [2.24, 2.45) is 0 Å². The van der Waals surface area contributed by atoms with E-state index in [-0.39, 0.29) is 6.04 Å². The summed E-state index contributed by atoms with van der Waals surface area (Å²) in [5.74, 6) is -1.04. The van der Waals surface area contributed by atoms with E-state index in [4.69, 9.17) is 0 Å². The standard InChI is InChI=1S/C15H17F2NS/c1-3-10-7-8-19-15(10)14(18-4-2)12-6-5-11(16)9-13(12)17/h5-9,14,18H,3-4H2,1-2H3. The lowest BCUT2D eigenvalue weighted by molar-refractivity contribution is 0.543. The minimum absolute atomic E-state index is 0.208. The molecule has 0 amide bonds. The Morgan fingerprint density at radius 1 is 1.21 bits per heavy atom. The first-order valence-corrected chi connectivity index (χ1v) is 7.29. The van der Waals surface area contributed by atoms with Crippen molar-refractivity contribution in [3.05, 3.63) is 57.3 Å². The second kappa shape index (κ2) is 6.26. The Kier molecular flexibility index (Phi) is 4.66. The van der Waals surface area contributed by atoms with Gasteiger partial charge in [0.15, 0.2) is 0 Å². The summed E-state index contributed by atoms with van der Waals surface area (Å²) in [6.45, 7) is 4.78. The predicted molar refractivity (Wildman–Crippen MR) is 75.6 cm³/mol. The zero-order valence-electron chi connectivity index (χ0n) is 11.0. The van der Waals surface area contributed by atoms with Crippen molar-refractivity contribution in [3.63, 3.8) is 0 Å². The summed E-state index contributed by atoms with van der Waals surface area (Å²) in [6, 6.07) is 5.63. The highest BCUT2D eigenvalue weighted by atomic mass is 32.1. The molecule has 0 fully saturated rings. The van der Waals surface area contributed by atoms with E-state index in [0.29, 0.717) is 5.56 Å². The maximum absolute atomic E-state index is 14.0. The molecule has 0 radical (unpaired) electrons. The molecule has 0 aliphatic rings. The van der Waals surface area contributed by atoms with E-state index in [1.807, 2.05) is 12.3 Å². The van der Waals surface area contributed by atoms with Crippen LogP contribution >= 0.6 is 11.3 Å². The first-order valence-electron chi connectivity index (χ1n) is 6.42. The number of thiophene rings is 1. The molecule has 2 rings (SSSR count). The molecular formula is C15H17F2NS. The molecule has 0 aliphatic carbocycles. The minimum atomic E-state index is -0.543. The summed E-state index contributed by atoms with van der Waals surface area (Å²) < 4.78 is 27.0. The van der Waals surface area contributed by atoms with Gasteiger partial charge in [-0.3, -0.25) is 0 Å². The van der Waals surface area contributed by atoms with Gasteiger partial charge in [0.05, 0.1) is 6.04 Å². The highest BCUT2D eigenvalue weighted by molar-refractivity contribution is 7.10. The summed E-state index contributed by atoms with van der Waals surface area (Å²) in [6.07, 6.45) is 0.906. The molecule has 102 valence electrons. The van der Waals surface area contributed by atoms with E-state index >= 15 is 0 Å². The van der Waals surface area contributed by atoms with Gasteiger partial charge in [0.2, 0.25) is 0 Å². The van der Waals surface area contributed by atoms with Gasteiger partial charge in [0.1, 0.15) is 11.6 Å². The van der Waals surface area contributed by atoms with Gasteiger partial charge in [-0.05, 0) is 36.0 Å². The Morgan fingerprint density at radius 3 is 2.63 bits per heavy atom. The number of rotatable bonds is 5. The van der Waals surface area contributed by atoms with Crippen molar-refractivity contribution in [3.8, 4) is 0 Å². The normalized spacial score (nSPS) is 12.6. The molecule has 0 spiro atoms. The molecule has 1 aromatic heterocycles. The number of hydrogen-bond donors (Lipinski definition) is 1. The fraction of sp³-hybridized carbons (Fsp3) is 0.333. The summed E-state index contributed by atoms with van der Waals surface area (Å²) in [4.78, 5) is 1.11. The van der Waals surface area contributed by atoms with Gasteiger partial charge in [-0.1, -0.05) is 19.9 Å². The molecule has 4 heteroatoms. The molecule has 1 nitrogen and oxygen atoms in total. The van der Waals surface area contributed by atoms with Crippen molar-refractivity contribution in [2.75, 3.05) is 6.54 Å². The number of aryl methyl sites for hydroxylation is 1. The van der Waals surface area contributed by atoms with Crippen LogP contribution in [0, 0.1) is 11.6 Å². The molecule has 1 heterocycles. The lowest BCUT2D eigenvalue weighted by atomic mass is 10.0. The maximum Gasteiger partial charge on any atom is 0.131 e. The average Bonchev–Trinajstić information content (AvgIpc) is 2.85. The van der Waals surface area contributed by atoms with Gasteiger partial charge >= 0.3 is 0 Å². The van der Waals surface area contributed by atoms with Gasteiger partial charge in [-0.15, -0.1) is 11.3 Å². The van der Waals surface area contributed by atoms with Crippen LogP contribution in [0.3, 0.4) is 0 Å². The predicted octanol–water partition coefficient (Wildman–Crippen LogP) is 4.29. The van der Waals surface area contributed by atoms with Gasteiger partial charge < -0.3 is 5.32 Å². The Bertz CT molecular complexity index is 551. The smallest absolute Gasteiger partial charge is 0.131 e. The summed E-state index contributed by atoms with van der Waals surface area (Å²) in [5.41, 5.74) is 1.71. The average molecular weight is 281 g/mol. The third kappa shape index (κ3) is 3.01. The van der Waals surface area contributed by atoms with Crippen LogP contribution < -0.4 is 5.32 Å². The summed E-state index contributed by atoms with van der Waals surface area (Å²) >= 11 is 1.61. The van der Waals surface area contributed by atoms with Crippen molar-refractivity contribution in [2.45, 2.75) is 26.3 Å². The largest absolute Gasteiger partial charge is 0.306 e. The first kappa shape index (κ1) is 14.2. The molecule has 0 aliphatic heterocycles. The van der Waals surface area contributed by atoms with E-state index in [1.165, 1.54) is 17.7 Å². The highest BCUT2D eigenvalue weighted by Crippen LogP contribution is 2.31. The summed E-state index contributed by atoms with van der Waals surface area (Å²) in [7, 11) is 0.